The number of hydrogen-bond acceptors (Lipinski definition) is 4. The van der Waals surface area contributed by atoms with Gasteiger partial charge in [0.2, 0.25) is 0 Å². The fourth-order valence-electron chi connectivity index (χ4n) is 2.54. The van der Waals surface area contributed by atoms with Crippen molar-refractivity contribution in [1.82, 2.24) is 20.4 Å². The number of carbonyl (C=O) groups is 1. The molecule has 0 spiro atoms. The molecular formula is C18H37N5O2. The average Bonchev–Trinajstić information content (AvgIpc) is 2.92. The summed E-state index contributed by atoms with van der Waals surface area (Å²) >= 11 is 0. The molecule has 0 bridgehead atoms. The van der Waals surface area contributed by atoms with Gasteiger partial charge in [-0.05, 0) is 55.0 Å². The molecule has 2 N–H and O–H groups in total. The molecule has 0 aromatic rings. The van der Waals surface area contributed by atoms with Crippen molar-refractivity contribution in [1.29, 1.82) is 0 Å². The van der Waals surface area contributed by atoms with Gasteiger partial charge in [0.1, 0.15) is 5.60 Å². The summed E-state index contributed by atoms with van der Waals surface area (Å²) < 4.78 is 5.34. The van der Waals surface area contributed by atoms with Gasteiger partial charge in [0.05, 0.1) is 12.6 Å². The lowest BCUT2D eigenvalue weighted by atomic mass is 10.2. The maximum Gasteiger partial charge on any atom is 0.407 e. The van der Waals surface area contributed by atoms with Crippen LogP contribution in [-0.2, 0) is 4.74 Å². The summed E-state index contributed by atoms with van der Waals surface area (Å²) in [6.07, 6.45) is 0.551. The number of rotatable bonds is 6. The van der Waals surface area contributed by atoms with Gasteiger partial charge in [0, 0.05) is 32.2 Å². The predicted molar refractivity (Wildman–Crippen MR) is 103 cm³/mol. The Kier molecular flexibility index (Phi) is 8.48. The smallest absolute Gasteiger partial charge is 0.407 e. The molecule has 146 valence electrons. The van der Waals surface area contributed by atoms with Gasteiger partial charge in [-0.2, -0.15) is 0 Å². The van der Waals surface area contributed by atoms with Crippen LogP contribution in [0, 0.1) is 0 Å². The summed E-state index contributed by atoms with van der Waals surface area (Å²) in [5.41, 5.74) is -0.471. The Bertz CT molecular complexity index is 445. The van der Waals surface area contributed by atoms with Gasteiger partial charge < -0.3 is 25.2 Å². The van der Waals surface area contributed by atoms with Gasteiger partial charge >= 0.3 is 6.09 Å². The lowest BCUT2D eigenvalue weighted by Gasteiger charge is -2.24. The van der Waals surface area contributed by atoms with Crippen molar-refractivity contribution in [2.75, 3.05) is 39.8 Å². The van der Waals surface area contributed by atoms with Crippen LogP contribution in [0.25, 0.3) is 0 Å². The van der Waals surface area contributed by atoms with Crippen LogP contribution in [-0.4, -0.2) is 79.3 Å². The fraction of sp³-hybridized carbons (Fsp3) is 0.889. The Morgan fingerprint density at radius 1 is 1.40 bits per heavy atom. The molecule has 1 heterocycles. The van der Waals surface area contributed by atoms with E-state index < -0.39 is 5.60 Å². The second-order valence-corrected chi connectivity index (χ2v) is 7.89. The Balaban J connectivity index is 2.52. The molecule has 0 aromatic carbocycles. The zero-order valence-electron chi connectivity index (χ0n) is 17.1. The van der Waals surface area contributed by atoms with Crippen LogP contribution < -0.4 is 10.6 Å². The van der Waals surface area contributed by atoms with Gasteiger partial charge in [-0.3, -0.25) is 4.99 Å². The summed E-state index contributed by atoms with van der Waals surface area (Å²) in [7, 11) is 2.11. The second-order valence-electron chi connectivity index (χ2n) is 7.89. The molecule has 1 saturated heterocycles. The van der Waals surface area contributed by atoms with Crippen molar-refractivity contribution < 1.29 is 9.53 Å². The number of ether oxygens (including phenoxy) is 1. The normalized spacial score (nSPS) is 18.8. The fourth-order valence-corrected chi connectivity index (χ4v) is 2.54. The molecule has 0 saturated carbocycles. The van der Waals surface area contributed by atoms with Gasteiger partial charge in [-0.15, -0.1) is 0 Å². The van der Waals surface area contributed by atoms with Gasteiger partial charge in [-0.1, -0.05) is 0 Å². The van der Waals surface area contributed by atoms with Crippen molar-refractivity contribution in [3.63, 3.8) is 0 Å². The summed E-state index contributed by atoms with van der Waals surface area (Å²) in [6, 6.07) is 0.615. The number of carbonyl (C=O) groups excluding carboxylic acids is 1. The third-order valence-electron chi connectivity index (χ3n) is 4.14. The third kappa shape index (κ3) is 8.43. The van der Waals surface area contributed by atoms with Crippen molar-refractivity contribution in [3.05, 3.63) is 0 Å². The standard InChI is InChI=1S/C18H37N5O2/c1-8-19-16(20-10-12-22(7)14(2)3)23-11-9-15(13-23)21-17(24)25-18(4,5)6/h14-15H,8-13H2,1-7H3,(H,19,20)(H,21,24)/t15-/m1/s1. The van der Waals surface area contributed by atoms with E-state index in [0.29, 0.717) is 6.04 Å². The van der Waals surface area contributed by atoms with Crippen LogP contribution >= 0.6 is 0 Å². The Hall–Kier alpha value is -1.50. The molecule has 1 atom stereocenters. The monoisotopic (exact) mass is 355 g/mol. The molecule has 7 heteroatoms. The number of amides is 1. The summed E-state index contributed by atoms with van der Waals surface area (Å²) in [4.78, 5) is 21.2. The molecule has 7 nitrogen and oxygen atoms in total. The Morgan fingerprint density at radius 3 is 2.64 bits per heavy atom. The maximum atomic E-state index is 11.9. The van der Waals surface area contributed by atoms with E-state index in [1.165, 1.54) is 0 Å². The predicted octanol–water partition coefficient (Wildman–Crippen LogP) is 1.89. The van der Waals surface area contributed by atoms with Gasteiger partial charge in [0.15, 0.2) is 5.96 Å². The first-order chi connectivity index (χ1) is 11.6. The SMILES string of the molecule is CCNC(=NCCN(C)C(C)C)N1CC[C@@H](NC(=O)OC(C)(C)C)C1. The summed E-state index contributed by atoms with van der Waals surface area (Å²) in [5, 5.41) is 6.31. The molecule has 0 unspecified atom stereocenters. The lowest BCUT2D eigenvalue weighted by Crippen LogP contribution is -2.44. The van der Waals surface area contributed by atoms with Gasteiger partial charge in [0.25, 0.3) is 0 Å². The zero-order chi connectivity index (χ0) is 19.0. The topological polar surface area (TPSA) is 69.2 Å². The first-order valence-electron chi connectivity index (χ1n) is 9.35. The molecular weight excluding hydrogens is 318 g/mol. The maximum absolute atomic E-state index is 11.9. The number of nitrogens with one attached hydrogen (secondary N) is 2. The van der Waals surface area contributed by atoms with Crippen LogP contribution in [0.2, 0.25) is 0 Å². The van der Waals surface area contributed by atoms with Crippen LogP contribution in [0.3, 0.4) is 0 Å². The number of likely N-dealkylation sites (tertiary alicyclic amines) is 1. The molecule has 1 amide bonds. The summed E-state index contributed by atoms with van der Waals surface area (Å²) in [6.45, 7) is 16.2. The highest BCUT2D eigenvalue weighted by Gasteiger charge is 2.27. The number of hydrogen-bond donors (Lipinski definition) is 2. The van der Waals surface area contributed by atoms with Crippen LogP contribution in [0.5, 0.6) is 0 Å². The molecule has 0 radical (unpaired) electrons. The number of aliphatic imine (C=N–C) groups is 1. The van der Waals surface area contributed by atoms with Crippen molar-refractivity contribution in [3.8, 4) is 0 Å². The minimum absolute atomic E-state index is 0.0945. The minimum Gasteiger partial charge on any atom is -0.444 e. The zero-order valence-corrected chi connectivity index (χ0v) is 17.1. The van der Waals surface area contributed by atoms with E-state index in [1.807, 2.05) is 20.8 Å². The van der Waals surface area contributed by atoms with Crippen LogP contribution in [0.15, 0.2) is 4.99 Å². The Labute approximate surface area is 153 Å². The average molecular weight is 356 g/mol. The first kappa shape index (κ1) is 21.5. The van der Waals surface area contributed by atoms with E-state index >= 15 is 0 Å². The highest BCUT2D eigenvalue weighted by Crippen LogP contribution is 2.12. The molecule has 1 fully saturated rings. The Morgan fingerprint density at radius 2 is 2.08 bits per heavy atom. The van der Waals surface area contributed by atoms with Crippen LogP contribution in [0.1, 0.15) is 48.0 Å². The van der Waals surface area contributed by atoms with Gasteiger partial charge in [-0.25, -0.2) is 4.79 Å². The van der Waals surface area contributed by atoms with E-state index in [0.717, 1.165) is 45.1 Å². The number of guanidine groups is 1. The largest absolute Gasteiger partial charge is 0.444 e. The molecule has 25 heavy (non-hydrogen) atoms. The van der Waals surface area contributed by atoms with Crippen molar-refractivity contribution >= 4 is 12.1 Å². The van der Waals surface area contributed by atoms with E-state index in [1.54, 1.807) is 0 Å². The van der Waals surface area contributed by atoms with E-state index in [4.69, 9.17) is 9.73 Å². The second kappa shape index (κ2) is 9.85. The third-order valence-corrected chi connectivity index (χ3v) is 4.14. The quantitative estimate of drug-likeness (QED) is 0.562. The van der Waals surface area contributed by atoms with Crippen molar-refractivity contribution in [2.24, 2.45) is 4.99 Å². The highest BCUT2D eigenvalue weighted by atomic mass is 16.6. The lowest BCUT2D eigenvalue weighted by molar-refractivity contribution is 0.0507. The summed E-state index contributed by atoms with van der Waals surface area (Å²) in [5.74, 6) is 0.924. The van der Waals surface area contributed by atoms with E-state index in [2.05, 4.69) is 48.3 Å². The highest BCUT2D eigenvalue weighted by molar-refractivity contribution is 5.80. The van der Waals surface area contributed by atoms with E-state index in [9.17, 15) is 4.79 Å². The van der Waals surface area contributed by atoms with Crippen LogP contribution in [0.4, 0.5) is 4.79 Å². The molecule has 0 aliphatic carbocycles. The number of likely N-dealkylation sites (N-methyl/N-ethyl adjacent to an activating group) is 1. The first-order valence-corrected chi connectivity index (χ1v) is 9.35. The van der Waals surface area contributed by atoms with Crippen molar-refractivity contribution in [2.45, 2.75) is 65.6 Å². The molecule has 1 aliphatic rings. The molecule has 0 aromatic heterocycles. The van der Waals surface area contributed by atoms with E-state index in [-0.39, 0.29) is 12.1 Å². The minimum atomic E-state index is -0.471. The number of alkyl carbamates (subject to hydrolysis) is 1. The number of nitrogens with zero attached hydrogens (tertiary/aromatic N) is 3. The molecule has 1 rings (SSSR count). The molecule has 1 aliphatic heterocycles.